The summed E-state index contributed by atoms with van der Waals surface area (Å²) < 4.78 is 0. The monoisotopic (exact) mass is 259 g/mol. The minimum atomic E-state index is 0.434. The molecule has 0 fully saturated rings. The van der Waals surface area contributed by atoms with Gasteiger partial charge in [-0.25, -0.2) is 4.98 Å². The first-order valence-electron chi connectivity index (χ1n) is 5.81. The van der Waals surface area contributed by atoms with Gasteiger partial charge in [-0.05, 0) is 18.2 Å². The number of nitrogens with zero attached hydrogens (tertiary/aromatic N) is 3. The third-order valence-electron chi connectivity index (χ3n) is 2.75. The van der Waals surface area contributed by atoms with Gasteiger partial charge in [0, 0.05) is 18.5 Å². The summed E-state index contributed by atoms with van der Waals surface area (Å²) in [4.78, 5) is 7.78. The molecule has 3 N–H and O–H groups in total. The van der Waals surface area contributed by atoms with Crippen LogP contribution < -0.4 is 5.73 Å². The molecule has 0 aliphatic rings. The number of nitrogens with two attached hydrogens (primary N) is 1. The molecule has 92 valence electrons. The molecule has 0 amide bonds. The molecule has 0 atom stereocenters. The lowest BCUT2D eigenvalue weighted by atomic mass is 10.2. The second-order valence-electron chi connectivity index (χ2n) is 3.97. The molecule has 6 heteroatoms. The SMILES string of the molecule is CCc1nc2ccc(-c3nnc(CN)s3)cc2[nH]1. The molecule has 0 unspecified atom stereocenters. The van der Waals surface area contributed by atoms with E-state index < -0.39 is 0 Å². The van der Waals surface area contributed by atoms with E-state index in [0.29, 0.717) is 6.54 Å². The highest BCUT2D eigenvalue weighted by Gasteiger charge is 2.08. The fourth-order valence-electron chi connectivity index (χ4n) is 1.82. The van der Waals surface area contributed by atoms with Gasteiger partial charge in [-0.3, -0.25) is 0 Å². The minimum Gasteiger partial charge on any atom is -0.342 e. The highest BCUT2D eigenvalue weighted by molar-refractivity contribution is 7.14. The van der Waals surface area contributed by atoms with Crippen LogP contribution in [0.4, 0.5) is 0 Å². The Labute approximate surface area is 108 Å². The maximum atomic E-state index is 5.54. The summed E-state index contributed by atoms with van der Waals surface area (Å²) in [7, 11) is 0. The predicted octanol–water partition coefficient (Wildman–Crippen LogP) is 2.10. The molecule has 3 rings (SSSR count). The van der Waals surface area contributed by atoms with E-state index in [9.17, 15) is 0 Å². The molecule has 0 bridgehead atoms. The zero-order chi connectivity index (χ0) is 12.5. The first kappa shape index (κ1) is 11.3. The number of rotatable bonds is 3. The summed E-state index contributed by atoms with van der Waals surface area (Å²) in [6.45, 7) is 2.51. The van der Waals surface area contributed by atoms with Crippen LogP contribution in [-0.2, 0) is 13.0 Å². The van der Waals surface area contributed by atoms with Gasteiger partial charge in [-0.1, -0.05) is 18.3 Å². The van der Waals surface area contributed by atoms with Crippen LogP contribution in [0.1, 0.15) is 17.8 Å². The molecular weight excluding hydrogens is 246 g/mol. The number of imidazole rings is 1. The number of benzene rings is 1. The van der Waals surface area contributed by atoms with Gasteiger partial charge in [0.15, 0.2) is 0 Å². The van der Waals surface area contributed by atoms with Crippen molar-refractivity contribution in [3.63, 3.8) is 0 Å². The van der Waals surface area contributed by atoms with Gasteiger partial charge in [0.2, 0.25) is 0 Å². The molecule has 5 nitrogen and oxygen atoms in total. The van der Waals surface area contributed by atoms with Crippen molar-refractivity contribution in [1.29, 1.82) is 0 Å². The van der Waals surface area contributed by atoms with Crippen LogP contribution in [0.2, 0.25) is 0 Å². The number of aromatic amines is 1. The van der Waals surface area contributed by atoms with Gasteiger partial charge in [-0.2, -0.15) is 0 Å². The Morgan fingerprint density at radius 1 is 1.33 bits per heavy atom. The molecule has 0 aliphatic carbocycles. The van der Waals surface area contributed by atoms with E-state index in [1.54, 1.807) is 0 Å². The van der Waals surface area contributed by atoms with Crippen LogP contribution in [0, 0.1) is 0 Å². The van der Waals surface area contributed by atoms with Crippen molar-refractivity contribution in [2.75, 3.05) is 0 Å². The summed E-state index contributed by atoms with van der Waals surface area (Å²) in [6.07, 6.45) is 0.903. The summed E-state index contributed by atoms with van der Waals surface area (Å²) >= 11 is 1.53. The quantitative estimate of drug-likeness (QED) is 0.754. The largest absolute Gasteiger partial charge is 0.342 e. The van der Waals surface area contributed by atoms with E-state index in [1.807, 2.05) is 12.1 Å². The number of hydrogen-bond donors (Lipinski definition) is 2. The first-order chi connectivity index (χ1) is 8.80. The van der Waals surface area contributed by atoms with Crippen molar-refractivity contribution in [3.05, 3.63) is 29.0 Å². The van der Waals surface area contributed by atoms with Crippen molar-refractivity contribution in [1.82, 2.24) is 20.2 Å². The standard InChI is InChI=1S/C12H13N5S/c1-2-10-14-8-4-3-7(5-9(8)15-10)12-17-16-11(6-13)18-12/h3-5H,2,6,13H2,1H3,(H,14,15). The smallest absolute Gasteiger partial charge is 0.147 e. The summed E-state index contributed by atoms with van der Waals surface area (Å²) in [6, 6.07) is 6.08. The lowest BCUT2D eigenvalue weighted by Crippen LogP contribution is -1.94. The van der Waals surface area contributed by atoms with E-state index in [-0.39, 0.29) is 0 Å². The number of H-pyrrole nitrogens is 1. The summed E-state index contributed by atoms with van der Waals surface area (Å²) in [5.74, 6) is 1.00. The molecular formula is C12H13N5S. The van der Waals surface area contributed by atoms with Gasteiger partial charge in [-0.15, -0.1) is 10.2 Å². The Balaban J connectivity index is 2.06. The van der Waals surface area contributed by atoms with Gasteiger partial charge in [0.05, 0.1) is 11.0 Å². The fraction of sp³-hybridized carbons (Fsp3) is 0.250. The Bertz CT molecular complexity index is 685. The molecule has 1 aromatic carbocycles. The number of nitrogens with one attached hydrogen (secondary N) is 1. The zero-order valence-corrected chi connectivity index (χ0v) is 10.8. The molecule has 2 aromatic heterocycles. The first-order valence-corrected chi connectivity index (χ1v) is 6.63. The van der Waals surface area contributed by atoms with Crippen LogP contribution in [0.5, 0.6) is 0 Å². The van der Waals surface area contributed by atoms with Gasteiger partial charge >= 0.3 is 0 Å². The average molecular weight is 259 g/mol. The molecule has 18 heavy (non-hydrogen) atoms. The Morgan fingerprint density at radius 2 is 2.22 bits per heavy atom. The van der Waals surface area contributed by atoms with E-state index >= 15 is 0 Å². The van der Waals surface area contributed by atoms with Crippen molar-refractivity contribution >= 4 is 22.4 Å². The highest BCUT2D eigenvalue weighted by atomic mass is 32.1. The number of hydrogen-bond acceptors (Lipinski definition) is 5. The maximum absolute atomic E-state index is 5.54. The Hall–Kier alpha value is -1.79. The summed E-state index contributed by atoms with van der Waals surface area (Å²) in [5, 5.41) is 9.92. The topological polar surface area (TPSA) is 80.5 Å². The molecule has 0 radical (unpaired) electrons. The molecule has 0 spiro atoms. The second-order valence-corrected chi connectivity index (χ2v) is 5.04. The molecule has 0 saturated heterocycles. The predicted molar refractivity (Wildman–Crippen MR) is 72.3 cm³/mol. The van der Waals surface area contributed by atoms with Crippen LogP contribution in [0.25, 0.3) is 21.6 Å². The Morgan fingerprint density at radius 3 is 2.94 bits per heavy atom. The van der Waals surface area contributed by atoms with E-state index in [0.717, 1.165) is 38.9 Å². The lowest BCUT2D eigenvalue weighted by Gasteiger charge is -1.94. The zero-order valence-electron chi connectivity index (χ0n) is 9.97. The minimum absolute atomic E-state index is 0.434. The van der Waals surface area contributed by atoms with Crippen molar-refractivity contribution < 1.29 is 0 Å². The normalized spacial score (nSPS) is 11.2. The van der Waals surface area contributed by atoms with Crippen LogP contribution in [0.15, 0.2) is 18.2 Å². The maximum Gasteiger partial charge on any atom is 0.147 e. The fourth-order valence-corrected chi connectivity index (χ4v) is 2.53. The molecule has 2 heterocycles. The van der Waals surface area contributed by atoms with Gasteiger partial charge in [0.1, 0.15) is 15.8 Å². The molecule has 0 saturated carbocycles. The molecule has 0 aliphatic heterocycles. The number of aryl methyl sites for hydroxylation is 1. The lowest BCUT2D eigenvalue weighted by molar-refractivity contribution is 0.960. The van der Waals surface area contributed by atoms with Crippen molar-refractivity contribution in [2.24, 2.45) is 5.73 Å². The van der Waals surface area contributed by atoms with E-state index in [2.05, 4.69) is 33.2 Å². The molecule has 3 aromatic rings. The van der Waals surface area contributed by atoms with Crippen LogP contribution >= 0.6 is 11.3 Å². The third-order valence-corrected chi connectivity index (χ3v) is 3.75. The van der Waals surface area contributed by atoms with E-state index in [4.69, 9.17) is 5.73 Å². The Kier molecular flexibility index (Phi) is 2.81. The average Bonchev–Trinajstić information content (AvgIpc) is 3.03. The summed E-state index contributed by atoms with van der Waals surface area (Å²) in [5.41, 5.74) is 8.61. The number of fused-ring (bicyclic) bond motifs is 1. The second kappa shape index (κ2) is 4.47. The van der Waals surface area contributed by atoms with Crippen LogP contribution in [-0.4, -0.2) is 20.2 Å². The van der Waals surface area contributed by atoms with Gasteiger partial charge in [0.25, 0.3) is 0 Å². The highest BCUT2D eigenvalue weighted by Crippen LogP contribution is 2.26. The van der Waals surface area contributed by atoms with E-state index in [1.165, 1.54) is 11.3 Å². The number of aromatic nitrogens is 4. The van der Waals surface area contributed by atoms with Gasteiger partial charge < -0.3 is 10.7 Å². The van der Waals surface area contributed by atoms with Crippen molar-refractivity contribution in [3.8, 4) is 10.6 Å². The van der Waals surface area contributed by atoms with Crippen molar-refractivity contribution in [2.45, 2.75) is 19.9 Å². The van der Waals surface area contributed by atoms with Crippen LogP contribution in [0.3, 0.4) is 0 Å². The third kappa shape index (κ3) is 1.89.